The number of fused-ring (bicyclic) bond motifs is 1. The number of hydrogen-bond acceptors (Lipinski definition) is 5. The van der Waals surface area contributed by atoms with Crippen LogP contribution in [-0.4, -0.2) is 58.7 Å². The van der Waals surface area contributed by atoms with Crippen LogP contribution in [0.2, 0.25) is 0 Å². The minimum absolute atomic E-state index is 0.0291. The zero-order valence-electron chi connectivity index (χ0n) is 14.7. The predicted octanol–water partition coefficient (Wildman–Crippen LogP) is 1.96. The highest BCUT2D eigenvalue weighted by Gasteiger charge is 2.36. The maximum atomic E-state index is 12.4. The first kappa shape index (κ1) is 19.8. The van der Waals surface area contributed by atoms with Crippen molar-refractivity contribution >= 4 is 23.5 Å². The second-order valence-corrected chi connectivity index (χ2v) is 5.82. The molecular weight excluding hydrogens is 352 g/mol. The van der Waals surface area contributed by atoms with Crippen molar-refractivity contribution in [1.82, 2.24) is 15.1 Å². The van der Waals surface area contributed by atoms with Crippen LogP contribution in [0.5, 0.6) is 0 Å². The summed E-state index contributed by atoms with van der Waals surface area (Å²) in [7, 11) is 0. The third kappa shape index (κ3) is 4.38. The molecule has 0 atom stereocenters. The first-order chi connectivity index (χ1) is 12.9. The number of benzene rings is 1. The first-order valence-corrected chi connectivity index (χ1v) is 8.30. The van der Waals surface area contributed by atoms with E-state index in [2.05, 4.69) is 18.5 Å². The summed E-state index contributed by atoms with van der Waals surface area (Å²) < 4.78 is 0. The molecule has 9 nitrogen and oxygen atoms in total. The van der Waals surface area contributed by atoms with Crippen molar-refractivity contribution in [3.63, 3.8) is 0 Å². The number of non-ortho nitro benzene ring substituents is 1. The van der Waals surface area contributed by atoms with E-state index in [1.54, 1.807) is 12.2 Å². The standard InChI is InChI=1S/C18H20N4O5/c1-3-9-20(10-4-2)18(25)19-8-5-11-21-16(23)14-7-6-13(22(26)27)12-15(14)17(21)24/h3-4,6-7,12H,1-2,5,8-11H2,(H,19,25). The Morgan fingerprint density at radius 2 is 1.81 bits per heavy atom. The molecule has 0 saturated heterocycles. The van der Waals surface area contributed by atoms with Gasteiger partial charge in [0.1, 0.15) is 0 Å². The number of carbonyl (C=O) groups excluding carboxylic acids is 3. The zero-order valence-corrected chi connectivity index (χ0v) is 14.7. The fourth-order valence-electron chi connectivity index (χ4n) is 2.69. The van der Waals surface area contributed by atoms with Crippen LogP contribution >= 0.6 is 0 Å². The second kappa shape index (κ2) is 8.75. The van der Waals surface area contributed by atoms with Crippen LogP contribution in [-0.2, 0) is 0 Å². The van der Waals surface area contributed by atoms with Gasteiger partial charge in [0.2, 0.25) is 0 Å². The molecule has 1 heterocycles. The Morgan fingerprint density at radius 1 is 1.19 bits per heavy atom. The van der Waals surface area contributed by atoms with E-state index < -0.39 is 16.7 Å². The molecule has 0 spiro atoms. The number of rotatable bonds is 9. The molecule has 0 fully saturated rings. The van der Waals surface area contributed by atoms with Crippen LogP contribution in [0.1, 0.15) is 27.1 Å². The summed E-state index contributed by atoms with van der Waals surface area (Å²) >= 11 is 0. The lowest BCUT2D eigenvalue weighted by atomic mass is 10.1. The Bertz CT molecular complexity index is 795. The maximum absolute atomic E-state index is 12.4. The Balaban J connectivity index is 1.91. The van der Waals surface area contributed by atoms with Gasteiger partial charge in [-0.25, -0.2) is 4.79 Å². The fourth-order valence-corrected chi connectivity index (χ4v) is 2.69. The van der Waals surface area contributed by atoms with Gasteiger partial charge in [-0.1, -0.05) is 12.2 Å². The third-order valence-electron chi connectivity index (χ3n) is 3.99. The highest BCUT2D eigenvalue weighted by Crippen LogP contribution is 2.26. The molecule has 142 valence electrons. The summed E-state index contributed by atoms with van der Waals surface area (Å²) in [6.07, 6.45) is 3.55. The van der Waals surface area contributed by atoms with Crippen molar-refractivity contribution < 1.29 is 19.3 Å². The highest BCUT2D eigenvalue weighted by molar-refractivity contribution is 6.21. The van der Waals surface area contributed by atoms with Crippen molar-refractivity contribution in [2.75, 3.05) is 26.2 Å². The molecule has 1 aromatic rings. The average molecular weight is 372 g/mol. The van der Waals surface area contributed by atoms with Crippen molar-refractivity contribution in [2.45, 2.75) is 6.42 Å². The lowest BCUT2D eigenvalue weighted by molar-refractivity contribution is -0.384. The Morgan fingerprint density at radius 3 is 2.41 bits per heavy atom. The van der Waals surface area contributed by atoms with E-state index >= 15 is 0 Å². The monoisotopic (exact) mass is 372 g/mol. The summed E-state index contributed by atoms with van der Waals surface area (Å²) in [4.78, 5) is 49.5. The van der Waals surface area contributed by atoms with Gasteiger partial charge in [-0.15, -0.1) is 13.2 Å². The molecule has 0 aliphatic carbocycles. The van der Waals surface area contributed by atoms with E-state index in [0.717, 1.165) is 11.0 Å². The van der Waals surface area contributed by atoms with Gasteiger partial charge in [0.05, 0.1) is 16.1 Å². The Kier molecular flexibility index (Phi) is 6.42. The summed E-state index contributed by atoms with van der Waals surface area (Å²) in [5, 5.41) is 13.5. The van der Waals surface area contributed by atoms with Crippen LogP contribution in [0, 0.1) is 10.1 Å². The number of nitro groups is 1. The van der Waals surface area contributed by atoms with Gasteiger partial charge in [0, 0.05) is 38.3 Å². The van der Waals surface area contributed by atoms with Crippen LogP contribution < -0.4 is 5.32 Å². The van der Waals surface area contributed by atoms with E-state index in [-0.39, 0.29) is 35.9 Å². The fraction of sp³-hybridized carbons (Fsp3) is 0.278. The van der Waals surface area contributed by atoms with Crippen molar-refractivity contribution in [3.05, 3.63) is 64.8 Å². The van der Waals surface area contributed by atoms with E-state index in [4.69, 9.17) is 0 Å². The molecule has 27 heavy (non-hydrogen) atoms. The second-order valence-electron chi connectivity index (χ2n) is 5.82. The molecular formula is C18H20N4O5. The van der Waals surface area contributed by atoms with Gasteiger partial charge in [0.25, 0.3) is 17.5 Å². The molecule has 1 aromatic carbocycles. The van der Waals surface area contributed by atoms with Gasteiger partial charge >= 0.3 is 6.03 Å². The van der Waals surface area contributed by atoms with Crippen LogP contribution in [0.25, 0.3) is 0 Å². The molecule has 2 rings (SSSR count). The molecule has 1 aliphatic rings. The lowest BCUT2D eigenvalue weighted by Gasteiger charge is -2.20. The van der Waals surface area contributed by atoms with Crippen molar-refractivity contribution in [2.24, 2.45) is 0 Å². The number of carbonyl (C=O) groups is 3. The molecule has 0 saturated carbocycles. The molecule has 0 aromatic heterocycles. The van der Waals surface area contributed by atoms with E-state index in [0.29, 0.717) is 19.5 Å². The Hall–Kier alpha value is -3.49. The largest absolute Gasteiger partial charge is 0.338 e. The number of nitro benzene ring substituents is 1. The van der Waals surface area contributed by atoms with E-state index in [1.807, 2.05) is 0 Å². The average Bonchev–Trinajstić information content (AvgIpc) is 2.88. The van der Waals surface area contributed by atoms with Gasteiger partial charge in [-0.05, 0) is 12.5 Å². The number of urea groups is 1. The topological polar surface area (TPSA) is 113 Å². The molecule has 1 aliphatic heterocycles. The number of nitrogens with zero attached hydrogens (tertiary/aromatic N) is 3. The van der Waals surface area contributed by atoms with E-state index in [1.165, 1.54) is 17.0 Å². The smallest absolute Gasteiger partial charge is 0.317 e. The zero-order chi connectivity index (χ0) is 20.0. The van der Waals surface area contributed by atoms with Crippen LogP contribution in [0.3, 0.4) is 0 Å². The van der Waals surface area contributed by atoms with Crippen molar-refractivity contribution in [3.8, 4) is 0 Å². The SMILES string of the molecule is C=CCN(CC=C)C(=O)NCCCN1C(=O)c2ccc([N+](=O)[O-])cc2C1=O. The molecule has 9 heteroatoms. The van der Waals surface area contributed by atoms with Crippen LogP contribution in [0.15, 0.2) is 43.5 Å². The molecule has 1 N–H and O–H groups in total. The number of imide groups is 1. The lowest BCUT2D eigenvalue weighted by Crippen LogP contribution is -2.41. The number of amides is 4. The van der Waals surface area contributed by atoms with Gasteiger partial charge in [-0.3, -0.25) is 24.6 Å². The highest BCUT2D eigenvalue weighted by atomic mass is 16.6. The molecule has 0 radical (unpaired) electrons. The molecule has 0 bridgehead atoms. The number of nitrogens with one attached hydrogen (secondary N) is 1. The minimum atomic E-state index is -0.617. The van der Waals surface area contributed by atoms with Gasteiger partial charge in [0.15, 0.2) is 0 Å². The van der Waals surface area contributed by atoms with Crippen molar-refractivity contribution in [1.29, 1.82) is 0 Å². The normalized spacial score (nSPS) is 12.5. The summed E-state index contributed by atoms with van der Waals surface area (Å²) in [5.74, 6) is -1.05. The predicted molar refractivity (Wildman–Crippen MR) is 98.4 cm³/mol. The Labute approximate surface area is 156 Å². The van der Waals surface area contributed by atoms with Crippen LogP contribution in [0.4, 0.5) is 10.5 Å². The minimum Gasteiger partial charge on any atom is -0.338 e. The quantitative estimate of drug-likeness (QED) is 0.234. The van der Waals surface area contributed by atoms with E-state index in [9.17, 15) is 24.5 Å². The summed E-state index contributed by atoms with van der Waals surface area (Å²) in [5.41, 5.74) is -0.0623. The molecule has 0 unspecified atom stereocenters. The summed E-state index contributed by atoms with van der Waals surface area (Å²) in [6, 6.07) is 3.30. The third-order valence-corrected chi connectivity index (χ3v) is 3.99. The summed E-state index contributed by atoms with van der Waals surface area (Å²) in [6.45, 7) is 8.28. The van der Waals surface area contributed by atoms with Gasteiger partial charge in [-0.2, -0.15) is 0 Å². The van der Waals surface area contributed by atoms with Gasteiger partial charge < -0.3 is 10.2 Å². The first-order valence-electron chi connectivity index (χ1n) is 8.30. The molecule has 4 amide bonds. The number of hydrogen-bond donors (Lipinski definition) is 1. The maximum Gasteiger partial charge on any atom is 0.317 e.